The van der Waals surface area contributed by atoms with Gasteiger partial charge in [-0.25, -0.2) is 17.8 Å². The molecule has 0 spiro atoms. The Hall–Kier alpha value is -2.06. The third-order valence-electron chi connectivity index (χ3n) is 3.58. The minimum atomic E-state index is -3.41. The van der Waals surface area contributed by atoms with Crippen LogP contribution < -0.4 is 5.32 Å². The van der Waals surface area contributed by atoms with E-state index in [9.17, 15) is 17.6 Å². The van der Waals surface area contributed by atoms with E-state index in [0.29, 0.717) is 16.3 Å². The summed E-state index contributed by atoms with van der Waals surface area (Å²) in [5.41, 5.74) is 1.12. The Labute approximate surface area is 150 Å². The number of carbonyl (C=O) groups excluding carboxylic acids is 1. The number of nitrogens with one attached hydrogen (secondary N) is 1. The molecule has 0 saturated heterocycles. The lowest BCUT2D eigenvalue weighted by Crippen LogP contribution is -2.28. The summed E-state index contributed by atoms with van der Waals surface area (Å²) in [5.74, 6) is -1.01. The van der Waals surface area contributed by atoms with Gasteiger partial charge in [-0.3, -0.25) is 4.79 Å². The molecule has 1 N–H and O–H groups in total. The van der Waals surface area contributed by atoms with Gasteiger partial charge in [0.25, 0.3) is 0 Å². The van der Waals surface area contributed by atoms with Gasteiger partial charge in [0.1, 0.15) is 10.8 Å². The maximum atomic E-state index is 13.9. The fourth-order valence-electron chi connectivity index (χ4n) is 2.26. The van der Waals surface area contributed by atoms with Gasteiger partial charge >= 0.3 is 0 Å². The van der Waals surface area contributed by atoms with Crippen molar-refractivity contribution in [1.82, 2.24) is 10.3 Å². The molecule has 0 aliphatic rings. The molecular formula is C17H19FN2O3S2. The van der Waals surface area contributed by atoms with Gasteiger partial charge < -0.3 is 5.32 Å². The second-order valence-corrected chi connectivity index (χ2v) is 8.62. The van der Waals surface area contributed by atoms with E-state index in [1.165, 1.54) is 17.4 Å². The van der Waals surface area contributed by atoms with Crippen LogP contribution in [0.25, 0.3) is 10.6 Å². The highest BCUT2D eigenvalue weighted by molar-refractivity contribution is 7.94. The lowest BCUT2D eigenvalue weighted by Gasteiger charge is -2.12. The fraction of sp³-hybridized carbons (Fsp3) is 0.294. The van der Waals surface area contributed by atoms with Crippen LogP contribution in [0, 0.1) is 12.7 Å². The topological polar surface area (TPSA) is 76.1 Å². The van der Waals surface area contributed by atoms with Gasteiger partial charge in [0.2, 0.25) is 5.91 Å². The summed E-state index contributed by atoms with van der Waals surface area (Å²) in [5, 5.41) is 4.14. The first-order chi connectivity index (χ1) is 11.7. The van der Waals surface area contributed by atoms with Gasteiger partial charge in [0, 0.05) is 17.4 Å². The molecule has 0 bridgehead atoms. The van der Waals surface area contributed by atoms with Gasteiger partial charge in [-0.15, -0.1) is 11.3 Å². The van der Waals surface area contributed by atoms with Crippen LogP contribution in [-0.4, -0.2) is 25.1 Å². The molecule has 5 nitrogen and oxygen atoms in total. The summed E-state index contributed by atoms with van der Waals surface area (Å²) < 4.78 is 36.6. The Kier molecular flexibility index (Phi) is 6.07. The molecule has 0 radical (unpaired) electrons. The minimum Gasteiger partial charge on any atom is -0.349 e. The van der Waals surface area contributed by atoms with Crippen LogP contribution in [-0.2, 0) is 14.6 Å². The van der Waals surface area contributed by atoms with Crippen molar-refractivity contribution in [2.24, 2.45) is 0 Å². The van der Waals surface area contributed by atoms with Crippen molar-refractivity contribution < 1.29 is 17.6 Å². The van der Waals surface area contributed by atoms with Crippen molar-refractivity contribution in [3.8, 4) is 10.6 Å². The number of nitrogens with zero attached hydrogens (tertiary/aromatic N) is 1. The van der Waals surface area contributed by atoms with Gasteiger partial charge in [-0.05, 0) is 26.0 Å². The Morgan fingerprint density at radius 3 is 2.76 bits per heavy atom. The molecule has 8 heteroatoms. The zero-order chi connectivity index (χ0) is 18.6. The zero-order valence-corrected chi connectivity index (χ0v) is 15.6. The summed E-state index contributed by atoms with van der Waals surface area (Å²) in [6.45, 7) is 6.79. The number of hydrogen-bond donors (Lipinski definition) is 1. The van der Waals surface area contributed by atoms with E-state index in [0.717, 1.165) is 10.3 Å². The van der Waals surface area contributed by atoms with Gasteiger partial charge in [-0.2, -0.15) is 0 Å². The number of aryl methyl sites for hydroxylation is 1. The Bertz CT molecular complexity index is 891. The second kappa shape index (κ2) is 7.88. The number of rotatable bonds is 7. The smallest absolute Gasteiger partial charge is 0.221 e. The normalized spacial score (nSPS) is 12.6. The molecule has 0 saturated carbocycles. The molecule has 2 aromatic rings. The molecule has 1 aromatic carbocycles. The van der Waals surface area contributed by atoms with Crippen LogP contribution in [0.15, 0.2) is 36.3 Å². The molecule has 2 rings (SSSR count). The Morgan fingerprint density at radius 2 is 2.12 bits per heavy atom. The van der Waals surface area contributed by atoms with Gasteiger partial charge in [0.05, 0.1) is 22.4 Å². The van der Waals surface area contributed by atoms with Crippen molar-refractivity contribution in [1.29, 1.82) is 0 Å². The Balaban J connectivity index is 2.10. The number of thiazole rings is 1. The highest BCUT2D eigenvalue weighted by Gasteiger charge is 2.19. The molecule has 1 aromatic heterocycles. The van der Waals surface area contributed by atoms with E-state index in [1.54, 1.807) is 32.0 Å². The number of benzene rings is 1. The van der Waals surface area contributed by atoms with Crippen molar-refractivity contribution in [3.05, 3.63) is 52.6 Å². The predicted molar refractivity (Wildman–Crippen MR) is 97.4 cm³/mol. The number of amides is 1. The van der Waals surface area contributed by atoms with Crippen LogP contribution in [0.3, 0.4) is 0 Å². The molecule has 0 fully saturated rings. The van der Waals surface area contributed by atoms with Crippen molar-refractivity contribution in [2.75, 3.05) is 5.75 Å². The van der Waals surface area contributed by atoms with E-state index in [2.05, 4.69) is 16.9 Å². The van der Waals surface area contributed by atoms with Gasteiger partial charge in [0.15, 0.2) is 9.84 Å². The molecule has 1 atom stereocenters. The standard InChI is InChI=1S/C17H19FN2O3S2/c1-4-25(22,23)10-9-15(21)19-11(2)16-12(3)20-17(24-16)13-7-5-6-8-14(13)18/h4-8,11H,1,9-10H2,2-3H3,(H,19,21). The lowest BCUT2D eigenvalue weighted by atomic mass is 10.2. The molecule has 1 unspecified atom stereocenters. The van der Waals surface area contributed by atoms with Crippen LogP contribution >= 0.6 is 11.3 Å². The minimum absolute atomic E-state index is 0.142. The third kappa shape index (κ3) is 4.96. The summed E-state index contributed by atoms with van der Waals surface area (Å²) >= 11 is 1.30. The van der Waals surface area contributed by atoms with Crippen molar-refractivity contribution in [2.45, 2.75) is 26.3 Å². The average molecular weight is 382 g/mol. The van der Waals surface area contributed by atoms with E-state index in [-0.39, 0.29) is 29.9 Å². The lowest BCUT2D eigenvalue weighted by molar-refractivity contribution is -0.121. The second-order valence-electron chi connectivity index (χ2n) is 5.52. The Morgan fingerprint density at radius 1 is 1.44 bits per heavy atom. The van der Waals surface area contributed by atoms with Crippen LogP contribution in [0.2, 0.25) is 0 Å². The number of carbonyl (C=O) groups is 1. The van der Waals surface area contributed by atoms with Crippen LogP contribution in [0.1, 0.15) is 30.0 Å². The van der Waals surface area contributed by atoms with E-state index < -0.39 is 9.84 Å². The van der Waals surface area contributed by atoms with Crippen LogP contribution in [0.5, 0.6) is 0 Å². The van der Waals surface area contributed by atoms with Crippen LogP contribution in [0.4, 0.5) is 4.39 Å². The average Bonchev–Trinajstić information content (AvgIpc) is 2.95. The summed E-state index contributed by atoms with van der Waals surface area (Å²) in [4.78, 5) is 17.1. The number of hydrogen-bond acceptors (Lipinski definition) is 5. The number of halogens is 1. The maximum Gasteiger partial charge on any atom is 0.221 e. The van der Waals surface area contributed by atoms with Crippen molar-refractivity contribution >= 4 is 27.1 Å². The highest BCUT2D eigenvalue weighted by Crippen LogP contribution is 2.32. The van der Waals surface area contributed by atoms with E-state index >= 15 is 0 Å². The molecule has 0 aliphatic heterocycles. The number of sulfone groups is 1. The molecule has 25 heavy (non-hydrogen) atoms. The molecular weight excluding hydrogens is 363 g/mol. The molecule has 1 heterocycles. The molecule has 0 aliphatic carbocycles. The predicted octanol–water partition coefficient (Wildman–Crippen LogP) is 3.38. The van der Waals surface area contributed by atoms with E-state index in [1.807, 2.05) is 0 Å². The summed E-state index contributed by atoms with van der Waals surface area (Å²) in [6.07, 6.45) is -0.142. The third-order valence-corrected chi connectivity index (χ3v) is 6.23. The fourth-order valence-corrected chi connectivity index (χ4v) is 3.99. The quantitative estimate of drug-likeness (QED) is 0.796. The molecule has 1 amide bonds. The summed E-state index contributed by atoms with van der Waals surface area (Å²) in [6, 6.07) is 6.02. The maximum absolute atomic E-state index is 13.9. The molecule has 134 valence electrons. The summed E-state index contributed by atoms with van der Waals surface area (Å²) in [7, 11) is -3.41. The zero-order valence-electron chi connectivity index (χ0n) is 14.0. The van der Waals surface area contributed by atoms with Crippen molar-refractivity contribution in [3.63, 3.8) is 0 Å². The van der Waals surface area contributed by atoms with Gasteiger partial charge in [-0.1, -0.05) is 18.7 Å². The number of aromatic nitrogens is 1. The van der Waals surface area contributed by atoms with E-state index in [4.69, 9.17) is 0 Å². The largest absolute Gasteiger partial charge is 0.349 e. The monoisotopic (exact) mass is 382 g/mol. The first-order valence-corrected chi connectivity index (χ1v) is 10.1. The first kappa shape index (κ1) is 19.3. The first-order valence-electron chi connectivity index (χ1n) is 7.60. The highest BCUT2D eigenvalue weighted by atomic mass is 32.2. The SMILES string of the molecule is C=CS(=O)(=O)CCC(=O)NC(C)c1sc(-c2ccccc2F)nc1C.